The molecule has 0 saturated carbocycles. The first-order valence-electron chi connectivity index (χ1n) is 7.27. The van der Waals surface area contributed by atoms with Crippen molar-refractivity contribution in [1.82, 2.24) is 0 Å². The van der Waals surface area contributed by atoms with E-state index < -0.39 is 11.7 Å². The van der Waals surface area contributed by atoms with Crippen LogP contribution in [0.1, 0.15) is 11.1 Å². The fraction of sp³-hybridized carbons (Fsp3) is 0.235. The lowest BCUT2D eigenvalue weighted by Gasteiger charge is -2.14. The summed E-state index contributed by atoms with van der Waals surface area (Å²) in [5.41, 5.74) is 0.00631. The number of nitrogens with one attached hydrogen (secondary N) is 2. The minimum atomic E-state index is -4.41. The zero-order valence-electron chi connectivity index (χ0n) is 13.0. The Morgan fingerprint density at radius 2 is 1.71 bits per heavy atom. The van der Waals surface area contributed by atoms with E-state index >= 15 is 0 Å². The Kier molecular flexibility index (Phi) is 5.56. The molecule has 128 valence electrons. The molecule has 2 aromatic carbocycles. The summed E-state index contributed by atoms with van der Waals surface area (Å²) in [7, 11) is 1.73. The Morgan fingerprint density at radius 3 is 2.29 bits per heavy atom. The number of quaternary nitrogens is 1. The quantitative estimate of drug-likeness (QED) is 0.805. The molecule has 2 rings (SSSR count). The van der Waals surface area contributed by atoms with Crippen molar-refractivity contribution >= 4 is 11.6 Å². The van der Waals surface area contributed by atoms with E-state index in [1.807, 2.05) is 0 Å². The van der Waals surface area contributed by atoms with Gasteiger partial charge in [-0.25, -0.2) is 4.39 Å². The lowest BCUT2D eigenvalue weighted by Crippen LogP contribution is -3.08. The highest BCUT2D eigenvalue weighted by Gasteiger charge is 2.30. The molecule has 0 saturated heterocycles. The summed E-state index contributed by atoms with van der Waals surface area (Å²) >= 11 is 0. The fourth-order valence-electron chi connectivity index (χ4n) is 2.25. The summed E-state index contributed by atoms with van der Waals surface area (Å²) < 4.78 is 51.0. The van der Waals surface area contributed by atoms with Gasteiger partial charge >= 0.3 is 6.18 Å². The second-order valence-electron chi connectivity index (χ2n) is 5.53. The smallest absolute Gasteiger partial charge is 0.326 e. The van der Waals surface area contributed by atoms with Crippen LogP contribution in [0.15, 0.2) is 48.5 Å². The zero-order chi connectivity index (χ0) is 17.7. The first kappa shape index (κ1) is 17.9. The van der Waals surface area contributed by atoms with Crippen LogP contribution in [-0.2, 0) is 17.5 Å². The maximum atomic E-state index is 13.6. The molecule has 1 unspecified atom stereocenters. The van der Waals surface area contributed by atoms with Crippen molar-refractivity contribution in [2.45, 2.75) is 12.7 Å². The van der Waals surface area contributed by atoms with Crippen LogP contribution in [0.25, 0.3) is 0 Å². The first-order valence-corrected chi connectivity index (χ1v) is 7.27. The van der Waals surface area contributed by atoms with E-state index in [4.69, 9.17) is 0 Å². The van der Waals surface area contributed by atoms with Crippen LogP contribution in [0.3, 0.4) is 0 Å². The molecule has 7 heteroatoms. The molecule has 0 heterocycles. The maximum Gasteiger partial charge on any atom is 0.416 e. The van der Waals surface area contributed by atoms with Gasteiger partial charge in [0.2, 0.25) is 0 Å². The van der Waals surface area contributed by atoms with E-state index in [2.05, 4.69) is 5.32 Å². The maximum absolute atomic E-state index is 13.6. The number of anilines is 1. The molecule has 24 heavy (non-hydrogen) atoms. The lowest BCUT2D eigenvalue weighted by molar-refractivity contribution is -0.885. The second kappa shape index (κ2) is 7.44. The number of likely N-dealkylation sites (N-methyl/N-ethyl adjacent to an activating group) is 1. The number of benzene rings is 2. The normalized spacial score (nSPS) is 12.7. The summed E-state index contributed by atoms with van der Waals surface area (Å²) in [6.45, 7) is 0.391. The Bertz CT molecular complexity index is 698. The van der Waals surface area contributed by atoms with E-state index in [1.165, 1.54) is 18.2 Å². The highest BCUT2D eigenvalue weighted by Crippen LogP contribution is 2.29. The van der Waals surface area contributed by atoms with Gasteiger partial charge in [0.25, 0.3) is 5.91 Å². The van der Waals surface area contributed by atoms with E-state index in [1.54, 1.807) is 25.2 Å². The zero-order valence-corrected chi connectivity index (χ0v) is 13.0. The first-order chi connectivity index (χ1) is 11.3. The molecule has 0 fully saturated rings. The fourth-order valence-corrected chi connectivity index (χ4v) is 2.25. The summed E-state index contributed by atoms with van der Waals surface area (Å²) in [6, 6.07) is 10.5. The van der Waals surface area contributed by atoms with E-state index in [0.717, 1.165) is 17.0 Å². The SMILES string of the molecule is C[NH+](CC(=O)Nc1ccc(C(F)(F)F)cc1)Cc1ccccc1F. The summed E-state index contributed by atoms with van der Waals surface area (Å²) in [4.78, 5) is 12.7. The molecule has 1 amide bonds. The Hall–Kier alpha value is -2.41. The number of hydrogen-bond acceptors (Lipinski definition) is 1. The number of rotatable bonds is 5. The minimum Gasteiger partial charge on any atom is -0.326 e. The third-order valence-corrected chi connectivity index (χ3v) is 3.41. The van der Waals surface area contributed by atoms with Crippen molar-refractivity contribution in [3.63, 3.8) is 0 Å². The van der Waals surface area contributed by atoms with Crippen LogP contribution >= 0.6 is 0 Å². The van der Waals surface area contributed by atoms with Crippen molar-refractivity contribution in [3.8, 4) is 0 Å². The van der Waals surface area contributed by atoms with Crippen LogP contribution < -0.4 is 10.2 Å². The predicted octanol–water partition coefficient (Wildman–Crippen LogP) is 2.50. The topological polar surface area (TPSA) is 33.5 Å². The molecular formula is C17H17F4N2O+. The molecule has 2 N–H and O–H groups in total. The molecule has 1 atom stereocenters. The Morgan fingerprint density at radius 1 is 1.08 bits per heavy atom. The van der Waals surface area contributed by atoms with E-state index in [0.29, 0.717) is 12.1 Å². The van der Waals surface area contributed by atoms with Crippen molar-refractivity contribution in [2.75, 3.05) is 18.9 Å². The summed E-state index contributed by atoms with van der Waals surface area (Å²) in [5.74, 6) is -0.691. The molecule has 0 bridgehead atoms. The number of hydrogen-bond donors (Lipinski definition) is 2. The van der Waals surface area contributed by atoms with Crippen LogP contribution in [-0.4, -0.2) is 19.5 Å². The van der Waals surface area contributed by atoms with Gasteiger partial charge in [-0.3, -0.25) is 4.79 Å². The third kappa shape index (κ3) is 5.06. The molecule has 2 aromatic rings. The van der Waals surface area contributed by atoms with Gasteiger partial charge in [0.05, 0.1) is 12.6 Å². The molecule has 0 aliphatic carbocycles. The van der Waals surface area contributed by atoms with Crippen molar-refractivity contribution in [3.05, 3.63) is 65.5 Å². The van der Waals surface area contributed by atoms with Crippen molar-refractivity contribution in [1.29, 1.82) is 0 Å². The molecular weight excluding hydrogens is 324 g/mol. The van der Waals surface area contributed by atoms with Crippen LogP contribution in [0.4, 0.5) is 23.2 Å². The van der Waals surface area contributed by atoms with E-state index in [-0.39, 0.29) is 24.0 Å². The average molecular weight is 341 g/mol. The number of halogens is 4. The van der Waals surface area contributed by atoms with E-state index in [9.17, 15) is 22.4 Å². The molecule has 0 radical (unpaired) electrons. The molecule has 0 spiro atoms. The number of alkyl halides is 3. The van der Waals surface area contributed by atoms with Gasteiger partial charge in [0, 0.05) is 11.3 Å². The van der Waals surface area contributed by atoms with Gasteiger partial charge in [-0.15, -0.1) is 0 Å². The highest BCUT2D eigenvalue weighted by molar-refractivity contribution is 5.91. The van der Waals surface area contributed by atoms with Gasteiger partial charge in [0.1, 0.15) is 12.4 Å². The molecule has 0 aromatic heterocycles. The standard InChI is InChI=1S/C17H16F4N2O/c1-23(10-12-4-2-3-5-15(12)18)11-16(24)22-14-8-6-13(7-9-14)17(19,20)21/h2-9H,10-11H2,1H3,(H,22,24)/p+1. The number of carbonyl (C=O) groups is 1. The van der Waals surface area contributed by atoms with Crippen molar-refractivity contribution < 1.29 is 27.3 Å². The van der Waals surface area contributed by atoms with Crippen LogP contribution in [0.5, 0.6) is 0 Å². The van der Waals surface area contributed by atoms with Crippen molar-refractivity contribution in [2.24, 2.45) is 0 Å². The molecule has 3 nitrogen and oxygen atoms in total. The van der Waals surface area contributed by atoms with Gasteiger partial charge in [-0.05, 0) is 30.3 Å². The predicted molar refractivity (Wildman–Crippen MR) is 81.9 cm³/mol. The monoisotopic (exact) mass is 341 g/mol. The van der Waals surface area contributed by atoms with Crippen LogP contribution in [0, 0.1) is 5.82 Å². The number of amides is 1. The van der Waals surface area contributed by atoms with Gasteiger partial charge in [-0.1, -0.05) is 18.2 Å². The van der Waals surface area contributed by atoms with Gasteiger partial charge in [0.15, 0.2) is 6.54 Å². The summed E-state index contributed by atoms with van der Waals surface area (Å²) in [6.07, 6.45) is -4.41. The van der Waals surface area contributed by atoms with Gasteiger partial charge in [-0.2, -0.15) is 13.2 Å². The van der Waals surface area contributed by atoms with Gasteiger partial charge < -0.3 is 10.2 Å². The Labute approximate surface area is 136 Å². The third-order valence-electron chi connectivity index (χ3n) is 3.41. The minimum absolute atomic E-state index is 0.0648. The van der Waals surface area contributed by atoms with Crippen LogP contribution in [0.2, 0.25) is 0 Å². The number of carbonyl (C=O) groups excluding carboxylic acids is 1. The second-order valence-corrected chi connectivity index (χ2v) is 5.53. The Balaban J connectivity index is 1.90. The molecule has 0 aliphatic heterocycles. The summed E-state index contributed by atoms with van der Waals surface area (Å²) in [5, 5.41) is 2.53. The highest BCUT2D eigenvalue weighted by atomic mass is 19.4. The largest absolute Gasteiger partial charge is 0.416 e. The average Bonchev–Trinajstić information content (AvgIpc) is 2.49. The molecule has 0 aliphatic rings. The lowest BCUT2D eigenvalue weighted by atomic mass is 10.2.